The van der Waals surface area contributed by atoms with Crippen LogP contribution in [0.4, 0.5) is 0 Å². The first-order valence-corrected chi connectivity index (χ1v) is 26.3. The molecule has 0 unspecified atom stereocenters. The lowest BCUT2D eigenvalue weighted by Gasteiger charge is -2.26. The van der Waals surface area contributed by atoms with Gasteiger partial charge >= 0.3 is 11.9 Å². The number of carbonyl (C=O) groups is 2. The molecule has 0 aliphatic heterocycles. The summed E-state index contributed by atoms with van der Waals surface area (Å²) in [7, 11) is 4.56. The average Bonchev–Trinajstić information content (AvgIpc) is 3.19. The second-order valence-electron chi connectivity index (χ2n) is 18.2. The van der Waals surface area contributed by atoms with Gasteiger partial charge in [0.05, 0.1) is 0 Å². The molecule has 0 radical (unpaired) electrons. The maximum Gasteiger partial charge on any atom is 0.306 e. The largest absolute Gasteiger partial charge is 0.461 e. The molecule has 0 atom stereocenters. The van der Waals surface area contributed by atoms with E-state index in [1.165, 1.54) is 179 Å². The molecule has 2 saturated carbocycles. The zero-order valence-electron chi connectivity index (χ0n) is 37.6. The Balaban J connectivity index is 1.42. The highest BCUT2D eigenvalue weighted by Crippen LogP contribution is 2.39. The number of ether oxygens (including phenoxy) is 2. The molecule has 0 amide bonds. The molecule has 0 saturated heterocycles. The van der Waals surface area contributed by atoms with Gasteiger partial charge in [0, 0.05) is 12.8 Å². The highest BCUT2D eigenvalue weighted by molar-refractivity contribution is 7.57. The smallest absolute Gasteiger partial charge is 0.306 e. The molecule has 0 heterocycles. The Hall–Kier alpha value is -1.19. The highest BCUT2D eigenvalue weighted by Gasteiger charge is 2.19. The summed E-state index contributed by atoms with van der Waals surface area (Å²) < 4.78 is 11.0. The van der Waals surface area contributed by atoms with Crippen molar-refractivity contribution in [3.8, 4) is 0 Å². The second kappa shape index (κ2) is 35.7. The van der Waals surface area contributed by atoms with Gasteiger partial charge in [0.25, 0.3) is 0 Å². The molecule has 0 aromatic heterocycles. The Labute approximate surface area is 349 Å². The first-order chi connectivity index (χ1) is 27.4. The van der Waals surface area contributed by atoms with E-state index in [0.29, 0.717) is 37.9 Å². The lowest BCUT2D eigenvalue weighted by atomic mass is 9.80. The third-order valence-corrected chi connectivity index (χ3v) is 15.6. The van der Waals surface area contributed by atoms with Gasteiger partial charge in [-0.1, -0.05) is 128 Å². The highest BCUT2D eigenvalue weighted by atomic mass is 31.1. The number of carbonyl (C=O) groups excluding carboxylic acids is 2. The zero-order chi connectivity index (χ0) is 40.3. The van der Waals surface area contributed by atoms with E-state index in [0.717, 1.165) is 37.5 Å². The second-order valence-corrected chi connectivity index (χ2v) is 20.8. The normalized spacial score (nSPS) is 20.9. The Morgan fingerprint density at radius 1 is 0.518 bits per heavy atom. The van der Waals surface area contributed by atoms with Crippen LogP contribution in [0.1, 0.15) is 206 Å². The topological polar surface area (TPSA) is 55.8 Å². The first-order valence-electron chi connectivity index (χ1n) is 24.4. The molecule has 6 heteroatoms. The van der Waals surface area contributed by atoms with Crippen LogP contribution in [0.2, 0.25) is 0 Å². The number of allylic oxidation sites excluding steroid dienone is 2. The molecule has 0 aromatic carbocycles. The van der Waals surface area contributed by atoms with Crippen molar-refractivity contribution in [3.05, 3.63) is 24.3 Å². The Bertz CT molecular complexity index is 912. The Morgan fingerprint density at radius 3 is 1.25 bits per heavy atom. The van der Waals surface area contributed by atoms with Crippen molar-refractivity contribution in [1.82, 2.24) is 4.90 Å². The van der Waals surface area contributed by atoms with Crippen molar-refractivity contribution in [2.24, 2.45) is 23.7 Å². The summed E-state index contributed by atoms with van der Waals surface area (Å²) >= 11 is 0. The van der Waals surface area contributed by atoms with Crippen LogP contribution in [-0.2, 0) is 19.1 Å². The van der Waals surface area contributed by atoms with Crippen LogP contribution in [0, 0.1) is 23.7 Å². The fraction of sp³-hybridized carbons (Fsp3) is 0.880. The monoisotopic (exact) mass is 802 g/mol. The quantitative estimate of drug-likeness (QED) is 0.0276. The third-order valence-electron chi connectivity index (χ3n) is 12.7. The average molecular weight is 802 g/mol. The summed E-state index contributed by atoms with van der Waals surface area (Å²) in [5, 5.41) is 0. The fourth-order valence-corrected chi connectivity index (χ4v) is 11.8. The van der Waals surface area contributed by atoms with E-state index < -0.39 is 0 Å². The van der Waals surface area contributed by atoms with Gasteiger partial charge in [-0.3, -0.25) is 9.59 Å². The maximum absolute atomic E-state index is 12.2. The van der Waals surface area contributed by atoms with Crippen molar-refractivity contribution < 1.29 is 19.1 Å². The molecule has 2 aliphatic carbocycles. The summed E-state index contributed by atoms with van der Waals surface area (Å²) in [6.07, 6.45) is 50.6. The van der Waals surface area contributed by atoms with E-state index in [9.17, 15) is 9.59 Å². The van der Waals surface area contributed by atoms with E-state index in [2.05, 4.69) is 57.1 Å². The van der Waals surface area contributed by atoms with Crippen LogP contribution in [0.25, 0.3) is 0 Å². The van der Waals surface area contributed by atoms with E-state index in [1.54, 1.807) is 0 Å². The summed E-state index contributed by atoms with van der Waals surface area (Å²) in [5.41, 5.74) is 0. The zero-order valence-corrected chi connectivity index (χ0v) is 38.5. The first kappa shape index (κ1) is 51.0. The van der Waals surface area contributed by atoms with E-state index >= 15 is 0 Å². The molecule has 2 fully saturated rings. The standard InChI is InChI=1S/C50H92NO4P/c1-5-25-45-31-35-47(36-32-45)27-23-40-54-49(52)29-17-13-9-7-11-15-20-42-56(44-22-19-39-51(3)4)43-21-16-12-8-10-14-18-30-50(53)55-41-24-28-48-37-33-46(26-6-2)34-38-48/h23-24,27-28,45-48H,5-22,25-26,29-44H2,1-4H3/b27-23-,28-24-. The minimum Gasteiger partial charge on any atom is -0.461 e. The van der Waals surface area contributed by atoms with E-state index in [1.807, 2.05) is 0 Å². The van der Waals surface area contributed by atoms with Crippen LogP contribution < -0.4 is 0 Å². The van der Waals surface area contributed by atoms with Gasteiger partial charge in [0.1, 0.15) is 13.2 Å². The van der Waals surface area contributed by atoms with Crippen molar-refractivity contribution in [3.63, 3.8) is 0 Å². The summed E-state index contributed by atoms with van der Waals surface area (Å²) in [6, 6.07) is 0. The molecule has 0 N–H and O–H groups in total. The predicted molar refractivity (Wildman–Crippen MR) is 244 cm³/mol. The number of hydrogen-bond acceptors (Lipinski definition) is 5. The maximum atomic E-state index is 12.2. The number of hydrogen-bond donors (Lipinski definition) is 0. The number of unbranched alkanes of at least 4 members (excludes halogenated alkanes) is 13. The minimum atomic E-state index is -0.0253. The number of rotatable bonds is 35. The summed E-state index contributed by atoms with van der Waals surface area (Å²) in [5.74, 6) is 3.21. The molecule has 326 valence electrons. The predicted octanol–water partition coefficient (Wildman–Crippen LogP) is 14.5. The van der Waals surface area contributed by atoms with Gasteiger partial charge in [-0.05, 0) is 153 Å². The molecular formula is C50H92NO4P. The lowest BCUT2D eigenvalue weighted by molar-refractivity contribution is -0.143. The molecule has 0 aromatic rings. The van der Waals surface area contributed by atoms with Gasteiger partial charge in [0.2, 0.25) is 0 Å². The number of nitrogens with zero attached hydrogens (tertiary/aromatic N) is 1. The van der Waals surface area contributed by atoms with Crippen LogP contribution in [-0.4, -0.2) is 69.2 Å². The molecule has 56 heavy (non-hydrogen) atoms. The Morgan fingerprint density at radius 2 is 0.875 bits per heavy atom. The molecule has 2 aliphatic rings. The van der Waals surface area contributed by atoms with E-state index in [-0.39, 0.29) is 19.9 Å². The number of esters is 2. The molecule has 2 rings (SSSR count). The van der Waals surface area contributed by atoms with Gasteiger partial charge in [-0.2, -0.15) is 0 Å². The van der Waals surface area contributed by atoms with Crippen molar-refractivity contribution in [1.29, 1.82) is 0 Å². The van der Waals surface area contributed by atoms with E-state index in [4.69, 9.17) is 9.47 Å². The van der Waals surface area contributed by atoms with Crippen LogP contribution in [0.15, 0.2) is 24.3 Å². The minimum absolute atomic E-state index is 0.0253. The molecule has 0 bridgehead atoms. The van der Waals surface area contributed by atoms with Gasteiger partial charge < -0.3 is 14.4 Å². The van der Waals surface area contributed by atoms with Crippen molar-refractivity contribution in [2.45, 2.75) is 206 Å². The SMILES string of the molecule is CCCC1CCC(/C=C\COC(=O)CCCCCCCCCP(CCCCCCCCCC(=O)OC/C=C\C2CCC(CCC)CC2)CCCCN(C)C)CC1. The van der Waals surface area contributed by atoms with Crippen molar-refractivity contribution in [2.75, 3.05) is 52.3 Å². The summed E-state index contributed by atoms with van der Waals surface area (Å²) in [4.78, 5) is 26.7. The van der Waals surface area contributed by atoms with Gasteiger partial charge in [-0.15, -0.1) is 7.92 Å². The van der Waals surface area contributed by atoms with Crippen molar-refractivity contribution >= 4 is 19.9 Å². The van der Waals surface area contributed by atoms with Gasteiger partial charge in [0.15, 0.2) is 0 Å². The van der Waals surface area contributed by atoms with Crippen LogP contribution >= 0.6 is 7.92 Å². The van der Waals surface area contributed by atoms with Crippen LogP contribution in [0.3, 0.4) is 0 Å². The van der Waals surface area contributed by atoms with Gasteiger partial charge in [-0.25, -0.2) is 0 Å². The lowest BCUT2D eigenvalue weighted by Crippen LogP contribution is -2.13. The fourth-order valence-electron chi connectivity index (χ4n) is 9.15. The Kier molecular flexibility index (Phi) is 32.5. The molecular weight excluding hydrogens is 710 g/mol. The molecule has 0 spiro atoms. The summed E-state index contributed by atoms with van der Waals surface area (Å²) in [6.45, 7) is 6.70. The van der Waals surface area contributed by atoms with Crippen LogP contribution in [0.5, 0.6) is 0 Å². The molecule has 5 nitrogen and oxygen atoms in total. The third kappa shape index (κ3) is 29.1.